The largest absolute Gasteiger partial charge is 0.350 e. The Labute approximate surface area is 107 Å². The summed E-state index contributed by atoms with van der Waals surface area (Å²) in [6.07, 6.45) is 8.12. The molecule has 1 saturated carbocycles. The summed E-state index contributed by atoms with van der Waals surface area (Å²) in [7, 11) is 0. The molecule has 94 valence electrons. The van der Waals surface area contributed by atoms with Crippen LogP contribution in [0.2, 0.25) is 0 Å². The van der Waals surface area contributed by atoms with Crippen LogP contribution in [-0.2, 0) is 0 Å². The number of rotatable bonds is 4. The minimum absolute atomic E-state index is 0.447. The number of nitriles is 1. The summed E-state index contributed by atoms with van der Waals surface area (Å²) in [5.41, 5.74) is 0.447. The van der Waals surface area contributed by atoms with Crippen molar-refractivity contribution in [3.63, 3.8) is 0 Å². The Morgan fingerprint density at radius 1 is 1.33 bits per heavy atom. The van der Waals surface area contributed by atoms with Gasteiger partial charge in [-0.25, -0.2) is 9.97 Å². The summed E-state index contributed by atoms with van der Waals surface area (Å²) >= 11 is 0. The summed E-state index contributed by atoms with van der Waals surface area (Å²) in [4.78, 5) is 10.8. The first-order valence-electron chi connectivity index (χ1n) is 6.59. The van der Waals surface area contributed by atoms with E-state index in [1.54, 1.807) is 12.4 Å². The molecular formula is C13H17N5. The molecule has 0 amide bonds. The van der Waals surface area contributed by atoms with Gasteiger partial charge in [0.05, 0.1) is 0 Å². The second kappa shape index (κ2) is 4.91. The third-order valence-electron chi connectivity index (χ3n) is 3.62. The number of nitrogens with zero attached hydrogens (tertiary/aromatic N) is 4. The molecule has 0 aromatic carbocycles. The molecule has 1 aromatic rings. The van der Waals surface area contributed by atoms with E-state index in [9.17, 15) is 0 Å². The highest BCUT2D eigenvalue weighted by Gasteiger charge is 2.33. The summed E-state index contributed by atoms with van der Waals surface area (Å²) in [6, 6.07) is 3.23. The number of hydrogen-bond donors (Lipinski definition) is 1. The molecule has 1 aliphatic carbocycles. The van der Waals surface area contributed by atoms with Crippen LogP contribution in [0.25, 0.3) is 0 Å². The molecule has 1 atom stereocenters. The van der Waals surface area contributed by atoms with Gasteiger partial charge in [0.1, 0.15) is 6.07 Å². The van der Waals surface area contributed by atoms with Crippen LogP contribution in [0.4, 0.5) is 5.82 Å². The Hall–Kier alpha value is -1.67. The fourth-order valence-electron chi connectivity index (χ4n) is 2.56. The topological polar surface area (TPSA) is 64.8 Å². The molecule has 2 heterocycles. The van der Waals surface area contributed by atoms with Crippen molar-refractivity contribution in [1.29, 1.82) is 5.26 Å². The zero-order valence-electron chi connectivity index (χ0n) is 10.3. The molecule has 1 aromatic heterocycles. The van der Waals surface area contributed by atoms with Gasteiger partial charge in [-0.15, -0.1) is 0 Å². The van der Waals surface area contributed by atoms with Crippen molar-refractivity contribution in [2.45, 2.75) is 37.8 Å². The Morgan fingerprint density at radius 3 is 2.83 bits per heavy atom. The third-order valence-corrected chi connectivity index (χ3v) is 3.62. The van der Waals surface area contributed by atoms with E-state index in [1.807, 2.05) is 0 Å². The summed E-state index contributed by atoms with van der Waals surface area (Å²) < 4.78 is 0. The summed E-state index contributed by atoms with van der Waals surface area (Å²) in [5.74, 6) is 0.760. The lowest BCUT2D eigenvalue weighted by molar-refractivity contribution is 0.574. The SMILES string of the molecule is N#Cc1nccnc1N(CC1CCCN1)C1CC1. The van der Waals surface area contributed by atoms with Crippen LogP contribution in [0.1, 0.15) is 31.4 Å². The Morgan fingerprint density at radius 2 is 2.17 bits per heavy atom. The standard InChI is InChI=1S/C13H17N5/c14-8-12-13(17-7-6-16-12)18(11-3-4-11)9-10-2-1-5-15-10/h6-7,10-11,15H,1-5,9H2. The zero-order valence-corrected chi connectivity index (χ0v) is 10.3. The average Bonchev–Trinajstić information content (AvgIpc) is 3.13. The lowest BCUT2D eigenvalue weighted by atomic mass is 10.2. The quantitative estimate of drug-likeness (QED) is 0.857. The average molecular weight is 243 g/mol. The van der Waals surface area contributed by atoms with Gasteiger partial charge in [0.2, 0.25) is 0 Å². The molecular weight excluding hydrogens is 226 g/mol. The third kappa shape index (κ3) is 2.29. The van der Waals surface area contributed by atoms with E-state index in [1.165, 1.54) is 25.7 Å². The molecule has 0 spiro atoms. The van der Waals surface area contributed by atoms with Gasteiger partial charge in [-0.2, -0.15) is 5.26 Å². The highest BCUT2D eigenvalue weighted by Crippen LogP contribution is 2.32. The molecule has 2 fully saturated rings. The fraction of sp³-hybridized carbons (Fsp3) is 0.615. The number of hydrogen-bond acceptors (Lipinski definition) is 5. The van der Waals surface area contributed by atoms with E-state index in [-0.39, 0.29) is 0 Å². The molecule has 0 radical (unpaired) electrons. The van der Waals surface area contributed by atoms with Crippen molar-refractivity contribution in [2.75, 3.05) is 18.0 Å². The van der Waals surface area contributed by atoms with Gasteiger partial charge >= 0.3 is 0 Å². The van der Waals surface area contributed by atoms with Gasteiger partial charge in [-0.3, -0.25) is 0 Å². The van der Waals surface area contributed by atoms with Crippen molar-refractivity contribution < 1.29 is 0 Å². The molecule has 1 N–H and O–H groups in total. The predicted molar refractivity (Wildman–Crippen MR) is 68.1 cm³/mol. The Bertz CT molecular complexity index is 457. The van der Waals surface area contributed by atoms with Crippen LogP contribution in [0.3, 0.4) is 0 Å². The molecule has 18 heavy (non-hydrogen) atoms. The van der Waals surface area contributed by atoms with Crippen molar-refractivity contribution >= 4 is 5.82 Å². The molecule has 1 aliphatic heterocycles. The molecule has 5 heteroatoms. The molecule has 2 aliphatic rings. The van der Waals surface area contributed by atoms with Crippen LogP contribution in [0.5, 0.6) is 0 Å². The lowest BCUT2D eigenvalue weighted by Crippen LogP contribution is -2.39. The van der Waals surface area contributed by atoms with Gasteiger partial charge in [-0.05, 0) is 32.2 Å². The van der Waals surface area contributed by atoms with Gasteiger partial charge < -0.3 is 10.2 Å². The molecule has 3 rings (SSSR count). The maximum atomic E-state index is 9.14. The first-order valence-corrected chi connectivity index (χ1v) is 6.59. The van der Waals surface area contributed by atoms with E-state index < -0.39 is 0 Å². The number of aromatic nitrogens is 2. The number of nitrogens with one attached hydrogen (secondary N) is 1. The van der Waals surface area contributed by atoms with E-state index >= 15 is 0 Å². The first-order chi connectivity index (χ1) is 8.88. The van der Waals surface area contributed by atoms with Gasteiger partial charge in [-0.1, -0.05) is 0 Å². The normalized spacial score (nSPS) is 22.7. The lowest BCUT2D eigenvalue weighted by Gasteiger charge is -2.27. The van der Waals surface area contributed by atoms with Crippen LogP contribution in [0, 0.1) is 11.3 Å². The maximum absolute atomic E-state index is 9.14. The van der Waals surface area contributed by atoms with E-state index in [4.69, 9.17) is 5.26 Å². The summed E-state index contributed by atoms with van der Waals surface area (Å²) in [6.45, 7) is 2.05. The second-order valence-electron chi connectivity index (χ2n) is 5.02. The first kappa shape index (κ1) is 11.4. The van der Waals surface area contributed by atoms with Gasteiger partial charge in [0.25, 0.3) is 0 Å². The fourth-order valence-corrected chi connectivity index (χ4v) is 2.56. The van der Waals surface area contributed by atoms with Crippen molar-refractivity contribution in [1.82, 2.24) is 15.3 Å². The molecule has 1 unspecified atom stereocenters. The summed E-state index contributed by atoms with van der Waals surface area (Å²) in [5, 5.41) is 12.6. The number of anilines is 1. The molecule has 1 saturated heterocycles. The highest BCUT2D eigenvalue weighted by molar-refractivity contribution is 5.51. The van der Waals surface area contributed by atoms with Gasteiger partial charge in [0, 0.05) is 31.0 Å². The maximum Gasteiger partial charge on any atom is 0.183 e. The smallest absolute Gasteiger partial charge is 0.183 e. The molecule has 5 nitrogen and oxygen atoms in total. The van der Waals surface area contributed by atoms with Crippen LogP contribution >= 0.6 is 0 Å². The minimum Gasteiger partial charge on any atom is -0.350 e. The zero-order chi connectivity index (χ0) is 12.4. The van der Waals surface area contributed by atoms with Crippen molar-refractivity contribution in [2.24, 2.45) is 0 Å². The molecule has 0 bridgehead atoms. The Balaban J connectivity index is 1.82. The van der Waals surface area contributed by atoms with Crippen molar-refractivity contribution in [3.05, 3.63) is 18.1 Å². The van der Waals surface area contributed by atoms with Crippen LogP contribution in [-0.4, -0.2) is 35.1 Å². The highest BCUT2D eigenvalue weighted by atomic mass is 15.3. The van der Waals surface area contributed by atoms with Crippen molar-refractivity contribution in [3.8, 4) is 6.07 Å². The van der Waals surface area contributed by atoms with E-state index in [0.717, 1.165) is 18.9 Å². The van der Waals surface area contributed by atoms with Crippen LogP contribution in [0.15, 0.2) is 12.4 Å². The minimum atomic E-state index is 0.447. The monoisotopic (exact) mass is 243 g/mol. The van der Waals surface area contributed by atoms with E-state index in [0.29, 0.717) is 17.8 Å². The predicted octanol–water partition coefficient (Wildman–Crippen LogP) is 1.07. The van der Waals surface area contributed by atoms with Gasteiger partial charge in [0.15, 0.2) is 11.5 Å². The Kier molecular flexibility index (Phi) is 3.11. The second-order valence-corrected chi connectivity index (χ2v) is 5.02. The van der Waals surface area contributed by atoms with E-state index in [2.05, 4.69) is 26.3 Å². The van der Waals surface area contributed by atoms with Crippen LogP contribution < -0.4 is 10.2 Å².